The molecule has 6 rings (SSSR count). The van der Waals surface area contributed by atoms with Gasteiger partial charge in [-0.2, -0.15) is 0 Å². The van der Waals surface area contributed by atoms with Crippen LogP contribution >= 0.6 is 0 Å². The number of aromatic nitrogens is 3. The van der Waals surface area contributed by atoms with Gasteiger partial charge in [-0.25, -0.2) is 13.8 Å². The van der Waals surface area contributed by atoms with E-state index >= 15 is 0 Å². The standard InChI is InChI=1S/C26H18F2N4O2/c27-17-9-5-15(6-10-17)14-31-25(34)23-19(16-7-11-18(28)12-8-16)13-22(33)30-24(23)32-21-4-2-1-3-20(21)29-26(31)32/h1-12,19H,13-14H2,(H,30,33)/t19-/m0/s1. The summed E-state index contributed by atoms with van der Waals surface area (Å²) in [5, 5.41) is 2.88. The Bertz CT molecular complexity index is 1640. The van der Waals surface area contributed by atoms with E-state index in [1.165, 1.54) is 24.3 Å². The van der Waals surface area contributed by atoms with Crippen LogP contribution in [0.5, 0.6) is 0 Å². The van der Waals surface area contributed by atoms with Gasteiger partial charge in [-0.05, 0) is 47.5 Å². The normalized spacial score (nSPS) is 15.5. The molecule has 1 aliphatic heterocycles. The molecule has 0 fully saturated rings. The summed E-state index contributed by atoms with van der Waals surface area (Å²) in [5.41, 5.74) is 2.91. The van der Waals surface area contributed by atoms with Crippen molar-refractivity contribution >= 4 is 28.5 Å². The third-order valence-electron chi connectivity index (χ3n) is 6.26. The van der Waals surface area contributed by atoms with Gasteiger partial charge >= 0.3 is 0 Å². The minimum Gasteiger partial charge on any atom is -0.311 e. The molecule has 1 amide bonds. The highest BCUT2D eigenvalue weighted by Crippen LogP contribution is 2.36. The van der Waals surface area contributed by atoms with Gasteiger partial charge in [0.15, 0.2) is 0 Å². The topological polar surface area (TPSA) is 68.4 Å². The summed E-state index contributed by atoms with van der Waals surface area (Å²) in [7, 11) is 0. The molecule has 3 heterocycles. The second-order valence-electron chi connectivity index (χ2n) is 8.37. The molecular formula is C26H18F2N4O2. The van der Waals surface area contributed by atoms with Crippen LogP contribution in [0.3, 0.4) is 0 Å². The molecule has 1 N–H and O–H groups in total. The van der Waals surface area contributed by atoms with E-state index in [0.29, 0.717) is 28.2 Å². The SMILES string of the molecule is O=C1C[C@@H](c2ccc(F)cc2)c2c(n3c4ccccc4nc3n(Cc3ccc(F)cc3)c2=O)N1. The molecule has 1 aliphatic rings. The fraction of sp³-hybridized carbons (Fsp3) is 0.115. The average molecular weight is 456 g/mol. The maximum Gasteiger partial charge on any atom is 0.261 e. The lowest BCUT2D eigenvalue weighted by Gasteiger charge is -2.27. The Balaban J connectivity index is 1.68. The maximum atomic E-state index is 13.9. The Labute approximate surface area is 192 Å². The van der Waals surface area contributed by atoms with E-state index in [-0.39, 0.29) is 30.2 Å². The number of hydrogen-bond donors (Lipinski definition) is 1. The van der Waals surface area contributed by atoms with Crippen LogP contribution < -0.4 is 10.9 Å². The van der Waals surface area contributed by atoms with E-state index in [0.717, 1.165) is 11.1 Å². The Morgan fingerprint density at radius 3 is 2.32 bits per heavy atom. The van der Waals surface area contributed by atoms with Crippen LogP contribution in [0.25, 0.3) is 16.8 Å². The molecule has 6 nitrogen and oxygen atoms in total. The number of fused-ring (bicyclic) bond motifs is 5. The molecule has 0 bridgehead atoms. The van der Waals surface area contributed by atoms with Crippen molar-refractivity contribution in [3.05, 3.63) is 111 Å². The zero-order chi connectivity index (χ0) is 23.4. The van der Waals surface area contributed by atoms with E-state index in [9.17, 15) is 18.4 Å². The summed E-state index contributed by atoms with van der Waals surface area (Å²) < 4.78 is 30.4. The molecule has 0 aliphatic carbocycles. The van der Waals surface area contributed by atoms with E-state index in [1.54, 1.807) is 33.2 Å². The van der Waals surface area contributed by atoms with Gasteiger partial charge in [0.05, 0.1) is 23.1 Å². The van der Waals surface area contributed by atoms with Crippen LogP contribution in [-0.4, -0.2) is 19.9 Å². The minimum absolute atomic E-state index is 0.0581. The zero-order valence-electron chi connectivity index (χ0n) is 17.8. The predicted molar refractivity (Wildman–Crippen MR) is 124 cm³/mol. The number of nitrogens with zero attached hydrogens (tertiary/aromatic N) is 3. The number of amides is 1. The first-order chi connectivity index (χ1) is 16.5. The van der Waals surface area contributed by atoms with Gasteiger partial charge in [-0.15, -0.1) is 0 Å². The lowest BCUT2D eigenvalue weighted by atomic mass is 9.86. The molecule has 5 aromatic rings. The summed E-state index contributed by atoms with van der Waals surface area (Å²) in [6.45, 7) is 0.170. The lowest BCUT2D eigenvalue weighted by molar-refractivity contribution is -0.116. The van der Waals surface area contributed by atoms with E-state index in [4.69, 9.17) is 0 Å². The van der Waals surface area contributed by atoms with Crippen molar-refractivity contribution in [3.8, 4) is 0 Å². The predicted octanol–water partition coefficient (Wildman–Crippen LogP) is 4.45. The van der Waals surface area contributed by atoms with Crippen molar-refractivity contribution in [1.29, 1.82) is 0 Å². The molecule has 0 saturated heterocycles. The number of halogens is 2. The number of hydrogen-bond acceptors (Lipinski definition) is 3. The highest BCUT2D eigenvalue weighted by molar-refractivity contribution is 5.96. The first-order valence-corrected chi connectivity index (χ1v) is 10.8. The number of rotatable bonds is 3. The van der Waals surface area contributed by atoms with Crippen molar-refractivity contribution in [1.82, 2.24) is 14.0 Å². The van der Waals surface area contributed by atoms with Crippen molar-refractivity contribution in [2.45, 2.75) is 18.9 Å². The van der Waals surface area contributed by atoms with Gasteiger partial charge in [-0.1, -0.05) is 36.4 Å². The molecule has 0 saturated carbocycles. The summed E-state index contributed by atoms with van der Waals surface area (Å²) in [4.78, 5) is 31.4. The molecule has 0 spiro atoms. The summed E-state index contributed by atoms with van der Waals surface area (Å²) in [5.74, 6) is -0.811. The first kappa shape index (κ1) is 20.3. The van der Waals surface area contributed by atoms with Gasteiger partial charge < -0.3 is 5.32 Å². The molecule has 34 heavy (non-hydrogen) atoms. The second kappa shape index (κ2) is 7.62. The van der Waals surface area contributed by atoms with Gasteiger partial charge in [0.2, 0.25) is 11.7 Å². The van der Waals surface area contributed by atoms with Crippen LogP contribution in [0.2, 0.25) is 0 Å². The van der Waals surface area contributed by atoms with Crippen molar-refractivity contribution < 1.29 is 13.6 Å². The Hall–Kier alpha value is -4.33. The molecule has 168 valence electrons. The molecule has 8 heteroatoms. The number of carbonyl (C=O) groups excluding carboxylic acids is 1. The van der Waals surface area contributed by atoms with Crippen molar-refractivity contribution in [3.63, 3.8) is 0 Å². The third-order valence-corrected chi connectivity index (χ3v) is 6.26. The van der Waals surface area contributed by atoms with E-state index < -0.39 is 11.7 Å². The fourth-order valence-electron chi connectivity index (χ4n) is 4.68. The summed E-state index contributed by atoms with van der Waals surface area (Å²) >= 11 is 0. The number of anilines is 1. The molecule has 0 unspecified atom stereocenters. The monoisotopic (exact) mass is 456 g/mol. The fourth-order valence-corrected chi connectivity index (χ4v) is 4.68. The van der Waals surface area contributed by atoms with E-state index in [2.05, 4.69) is 10.3 Å². The van der Waals surface area contributed by atoms with Crippen LogP contribution in [-0.2, 0) is 11.3 Å². The maximum absolute atomic E-state index is 13.9. The largest absolute Gasteiger partial charge is 0.311 e. The average Bonchev–Trinajstić information content (AvgIpc) is 3.22. The van der Waals surface area contributed by atoms with Crippen LogP contribution in [0, 0.1) is 11.6 Å². The quantitative estimate of drug-likeness (QED) is 0.436. The first-order valence-electron chi connectivity index (χ1n) is 10.8. The van der Waals surface area contributed by atoms with Gasteiger partial charge in [-0.3, -0.25) is 18.6 Å². The number of imidazole rings is 1. The van der Waals surface area contributed by atoms with Crippen LogP contribution in [0.4, 0.5) is 14.6 Å². The second-order valence-corrected chi connectivity index (χ2v) is 8.37. The van der Waals surface area contributed by atoms with Gasteiger partial charge in [0.1, 0.15) is 17.5 Å². The van der Waals surface area contributed by atoms with Gasteiger partial charge in [0.25, 0.3) is 5.56 Å². The molecule has 0 radical (unpaired) electrons. The Kier molecular flexibility index (Phi) is 4.55. The van der Waals surface area contributed by atoms with Crippen LogP contribution in [0.15, 0.2) is 77.6 Å². The minimum atomic E-state index is -0.554. The van der Waals surface area contributed by atoms with Crippen molar-refractivity contribution in [2.75, 3.05) is 5.32 Å². The number of carbonyl (C=O) groups is 1. The third kappa shape index (κ3) is 3.18. The van der Waals surface area contributed by atoms with Gasteiger partial charge in [0, 0.05) is 12.3 Å². The number of para-hydroxylation sites is 2. The molecular weight excluding hydrogens is 438 g/mol. The smallest absolute Gasteiger partial charge is 0.261 e. The highest BCUT2D eigenvalue weighted by Gasteiger charge is 2.33. The molecule has 1 atom stereocenters. The Morgan fingerprint density at radius 2 is 1.59 bits per heavy atom. The number of nitrogens with one attached hydrogen (secondary N) is 1. The molecule has 3 aromatic carbocycles. The van der Waals surface area contributed by atoms with E-state index in [1.807, 2.05) is 24.3 Å². The Morgan fingerprint density at radius 1 is 0.912 bits per heavy atom. The van der Waals surface area contributed by atoms with Crippen LogP contribution in [0.1, 0.15) is 29.0 Å². The van der Waals surface area contributed by atoms with Crippen molar-refractivity contribution in [2.24, 2.45) is 0 Å². The number of benzene rings is 3. The summed E-state index contributed by atoms with van der Waals surface area (Å²) in [6, 6.07) is 19.2. The lowest BCUT2D eigenvalue weighted by Crippen LogP contribution is -2.36. The summed E-state index contributed by atoms with van der Waals surface area (Å²) in [6.07, 6.45) is 0.0581. The zero-order valence-corrected chi connectivity index (χ0v) is 17.8. The highest BCUT2D eigenvalue weighted by atomic mass is 19.1. The molecule has 2 aromatic heterocycles.